The largest absolute Gasteiger partial charge is 0.465 e. The van der Waals surface area contributed by atoms with E-state index in [1.807, 2.05) is 13.8 Å². The van der Waals surface area contributed by atoms with Gasteiger partial charge in [-0.3, -0.25) is 4.79 Å². The highest BCUT2D eigenvalue weighted by atomic mass is 32.2. The van der Waals surface area contributed by atoms with E-state index in [9.17, 15) is 4.79 Å². The Bertz CT molecular complexity index is 197. The highest BCUT2D eigenvalue weighted by Gasteiger charge is 2.32. The third-order valence-corrected chi connectivity index (χ3v) is 3.80. The van der Waals surface area contributed by atoms with Gasteiger partial charge in [-0.15, -0.1) is 0 Å². The van der Waals surface area contributed by atoms with E-state index in [0.29, 0.717) is 12.5 Å². The van der Waals surface area contributed by atoms with Crippen LogP contribution < -0.4 is 5.32 Å². The second kappa shape index (κ2) is 7.12. The molecule has 1 N–H and O–H groups in total. The molecule has 0 fully saturated rings. The van der Waals surface area contributed by atoms with Gasteiger partial charge in [0.25, 0.3) is 0 Å². The lowest BCUT2D eigenvalue weighted by Gasteiger charge is -2.26. The molecule has 0 aromatic carbocycles. The Kier molecular flexibility index (Phi) is 7.02. The molecule has 0 rings (SSSR count). The van der Waals surface area contributed by atoms with Crippen LogP contribution in [0.25, 0.3) is 0 Å². The van der Waals surface area contributed by atoms with Crippen molar-refractivity contribution in [3.8, 4) is 0 Å². The van der Waals surface area contributed by atoms with Crippen molar-refractivity contribution in [2.45, 2.75) is 33.2 Å². The van der Waals surface area contributed by atoms with Crippen molar-refractivity contribution in [1.82, 2.24) is 5.32 Å². The molecule has 4 heteroatoms. The number of rotatable bonds is 7. The summed E-state index contributed by atoms with van der Waals surface area (Å²) in [5.41, 5.74) is -0.560. The summed E-state index contributed by atoms with van der Waals surface area (Å²) in [6.07, 6.45) is 0. The van der Waals surface area contributed by atoms with E-state index in [-0.39, 0.29) is 5.97 Å². The maximum atomic E-state index is 11.7. The summed E-state index contributed by atoms with van der Waals surface area (Å²) in [4.78, 5) is 11.7. The summed E-state index contributed by atoms with van der Waals surface area (Å²) in [7, 11) is 1.80. The Morgan fingerprint density at radius 2 is 2.13 bits per heavy atom. The predicted octanol–water partition coefficient (Wildman–Crippen LogP) is 1.92. The van der Waals surface area contributed by atoms with Gasteiger partial charge < -0.3 is 10.1 Å². The number of nitrogens with one attached hydrogen (secondary N) is 1. The van der Waals surface area contributed by atoms with E-state index in [2.05, 4.69) is 19.2 Å². The fraction of sp³-hybridized carbons (Fsp3) is 0.909. The molecular formula is C11H23NO2S. The third-order valence-electron chi connectivity index (χ3n) is 2.12. The standard InChI is InChI=1S/C11H23NO2S/c1-6-14-10(13)11(4,12-5)8-15-7-9(2)3/h9,12H,6-8H2,1-5H3. The quantitative estimate of drug-likeness (QED) is 0.682. The number of carbonyl (C=O) groups is 1. The lowest BCUT2D eigenvalue weighted by Crippen LogP contribution is -2.51. The highest BCUT2D eigenvalue weighted by molar-refractivity contribution is 7.99. The van der Waals surface area contributed by atoms with Crippen LogP contribution in [0.5, 0.6) is 0 Å². The zero-order valence-corrected chi connectivity index (χ0v) is 11.2. The van der Waals surface area contributed by atoms with Crippen molar-refractivity contribution in [3.05, 3.63) is 0 Å². The first-order valence-electron chi connectivity index (χ1n) is 5.40. The van der Waals surface area contributed by atoms with Gasteiger partial charge >= 0.3 is 5.97 Å². The fourth-order valence-electron chi connectivity index (χ4n) is 1.02. The van der Waals surface area contributed by atoms with E-state index in [1.165, 1.54) is 0 Å². The van der Waals surface area contributed by atoms with Gasteiger partial charge in [0.1, 0.15) is 5.54 Å². The van der Waals surface area contributed by atoms with Gasteiger partial charge in [0.2, 0.25) is 0 Å². The van der Waals surface area contributed by atoms with Gasteiger partial charge in [-0.2, -0.15) is 11.8 Å². The monoisotopic (exact) mass is 233 g/mol. The Morgan fingerprint density at radius 3 is 2.53 bits per heavy atom. The average Bonchev–Trinajstić information content (AvgIpc) is 2.17. The van der Waals surface area contributed by atoms with Gasteiger partial charge in [-0.25, -0.2) is 0 Å². The molecule has 0 aliphatic rings. The van der Waals surface area contributed by atoms with Crippen LogP contribution in [-0.2, 0) is 9.53 Å². The van der Waals surface area contributed by atoms with Crippen LogP contribution in [0, 0.1) is 5.92 Å². The van der Waals surface area contributed by atoms with Crippen LogP contribution >= 0.6 is 11.8 Å². The fourth-order valence-corrected chi connectivity index (χ4v) is 2.28. The molecule has 0 amide bonds. The third kappa shape index (κ3) is 5.42. The summed E-state index contributed by atoms with van der Waals surface area (Å²) in [5, 5.41) is 3.04. The summed E-state index contributed by atoms with van der Waals surface area (Å²) < 4.78 is 5.04. The molecule has 0 aromatic heterocycles. The molecule has 90 valence electrons. The SMILES string of the molecule is CCOC(=O)C(C)(CSCC(C)C)NC. The van der Waals surface area contributed by atoms with Gasteiger partial charge in [0.15, 0.2) is 0 Å². The lowest BCUT2D eigenvalue weighted by atomic mass is 10.1. The summed E-state index contributed by atoms with van der Waals surface area (Å²) >= 11 is 1.78. The van der Waals surface area contributed by atoms with Gasteiger partial charge in [0, 0.05) is 5.75 Å². The van der Waals surface area contributed by atoms with E-state index in [0.717, 1.165) is 11.5 Å². The molecule has 0 radical (unpaired) electrons. The number of likely N-dealkylation sites (N-methyl/N-ethyl adjacent to an activating group) is 1. The lowest BCUT2D eigenvalue weighted by molar-refractivity contribution is -0.149. The minimum atomic E-state index is -0.560. The van der Waals surface area contributed by atoms with Gasteiger partial charge in [-0.1, -0.05) is 13.8 Å². The highest BCUT2D eigenvalue weighted by Crippen LogP contribution is 2.17. The van der Waals surface area contributed by atoms with Crippen molar-refractivity contribution < 1.29 is 9.53 Å². The predicted molar refractivity (Wildman–Crippen MR) is 66.3 cm³/mol. The molecule has 0 aliphatic carbocycles. The molecule has 15 heavy (non-hydrogen) atoms. The Hall–Kier alpha value is -0.220. The van der Waals surface area contributed by atoms with Crippen LogP contribution in [0.4, 0.5) is 0 Å². The Labute approximate surface area is 97.3 Å². The minimum Gasteiger partial charge on any atom is -0.465 e. The van der Waals surface area contributed by atoms with E-state index in [4.69, 9.17) is 4.74 Å². The molecule has 3 nitrogen and oxygen atoms in total. The van der Waals surface area contributed by atoms with Crippen molar-refractivity contribution in [2.75, 3.05) is 25.2 Å². The molecule has 0 saturated heterocycles. The topological polar surface area (TPSA) is 38.3 Å². The maximum absolute atomic E-state index is 11.7. The first kappa shape index (κ1) is 14.8. The first-order valence-corrected chi connectivity index (χ1v) is 6.55. The van der Waals surface area contributed by atoms with Gasteiger partial charge in [0.05, 0.1) is 6.61 Å². The minimum absolute atomic E-state index is 0.163. The van der Waals surface area contributed by atoms with E-state index >= 15 is 0 Å². The van der Waals surface area contributed by atoms with Crippen molar-refractivity contribution in [3.63, 3.8) is 0 Å². The zero-order chi connectivity index (χ0) is 11.9. The molecule has 0 heterocycles. The molecule has 0 aromatic rings. The summed E-state index contributed by atoms with van der Waals surface area (Å²) in [6.45, 7) is 8.50. The number of carbonyl (C=O) groups excluding carboxylic acids is 1. The van der Waals surface area contributed by atoms with Crippen molar-refractivity contribution in [1.29, 1.82) is 0 Å². The maximum Gasteiger partial charge on any atom is 0.326 e. The van der Waals surface area contributed by atoms with Crippen molar-refractivity contribution >= 4 is 17.7 Å². The Balaban J connectivity index is 4.12. The second-order valence-corrected chi connectivity index (χ2v) is 5.24. The normalized spacial score (nSPS) is 15.1. The van der Waals surface area contributed by atoms with E-state index in [1.54, 1.807) is 18.8 Å². The van der Waals surface area contributed by atoms with E-state index < -0.39 is 5.54 Å². The van der Waals surface area contributed by atoms with Crippen LogP contribution in [0.1, 0.15) is 27.7 Å². The zero-order valence-electron chi connectivity index (χ0n) is 10.4. The van der Waals surface area contributed by atoms with Crippen molar-refractivity contribution in [2.24, 2.45) is 5.92 Å². The molecule has 0 bridgehead atoms. The van der Waals surface area contributed by atoms with Crippen LogP contribution in [0.15, 0.2) is 0 Å². The number of hydrogen-bond donors (Lipinski definition) is 1. The smallest absolute Gasteiger partial charge is 0.326 e. The number of ether oxygens (including phenoxy) is 1. The number of esters is 1. The molecule has 0 aliphatic heterocycles. The molecule has 1 atom stereocenters. The molecule has 1 unspecified atom stereocenters. The van der Waals surface area contributed by atoms with Crippen LogP contribution in [0.2, 0.25) is 0 Å². The first-order chi connectivity index (χ1) is 6.96. The van der Waals surface area contributed by atoms with Gasteiger partial charge in [-0.05, 0) is 32.6 Å². The summed E-state index contributed by atoms with van der Waals surface area (Å²) in [5.74, 6) is 2.30. The number of thioether (sulfide) groups is 1. The molecule has 0 spiro atoms. The van der Waals surface area contributed by atoms with Crippen LogP contribution in [0.3, 0.4) is 0 Å². The summed E-state index contributed by atoms with van der Waals surface area (Å²) in [6, 6.07) is 0. The number of hydrogen-bond acceptors (Lipinski definition) is 4. The Morgan fingerprint density at radius 1 is 1.53 bits per heavy atom. The molecule has 0 saturated carbocycles. The second-order valence-electron chi connectivity index (χ2n) is 4.21. The molecular weight excluding hydrogens is 210 g/mol. The van der Waals surface area contributed by atoms with Crippen LogP contribution in [-0.4, -0.2) is 36.7 Å². The average molecular weight is 233 g/mol.